The smallest absolute Gasteiger partial charge is 0.329 e. The van der Waals surface area contributed by atoms with Crippen molar-refractivity contribution in [1.29, 1.82) is 0 Å². The van der Waals surface area contributed by atoms with E-state index in [9.17, 15) is 19.5 Å². The van der Waals surface area contributed by atoms with Gasteiger partial charge in [-0.25, -0.2) is 9.78 Å². The van der Waals surface area contributed by atoms with Gasteiger partial charge in [0.2, 0.25) is 0 Å². The first-order valence-corrected chi connectivity index (χ1v) is 9.33. The van der Waals surface area contributed by atoms with Crippen molar-refractivity contribution >= 4 is 16.9 Å². The minimum atomic E-state index is -0.687. The molecule has 10 nitrogen and oxygen atoms in total. The van der Waals surface area contributed by atoms with Crippen LogP contribution in [0, 0.1) is 19.8 Å². The summed E-state index contributed by atoms with van der Waals surface area (Å²) in [6, 6.07) is 3.46. The molecule has 0 bridgehead atoms. The fraction of sp³-hybridized carbons (Fsp3) is 0.421. The Hall–Kier alpha value is -3.27. The number of aromatic amines is 2. The quantitative estimate of drug-likeness (QED) is 0.551. The molecular weight excluding hydrogens is 376 g/mol. The number of nitrogens with one attached hydrogen (secondary N) is 2. The molecule has 1 aliphatic heterocycles. The van der Waals surface area contributed by atoms with E-state index in [-0.39, 0.29) is 35.0 Å². The van der Waals surface area contributed by atoms with Crippen LogP contribution < -0.4 is 11.2 Å². The summed E-state index contributed by atoms with van der Waals surface area (Å²) < 4.78 is 1.21. The van der Waals surface area contributed by atoms with E-state index in [1.807, 2.05) is 13.0 Å². The van der Waals surface area contributed by atoms with Gasteiger partial charge in [0.15, 0.2) is 0 Å². The molecule has 4 rings (SSSR count). The van der Waals surface area contributed by atoms with Crippen LogP contribution in [-0.2, 0) is 13.5 Å². The number of H-pyrrole nitrogens is 2. The van der Waals surface area contributed by atoms with E-state index in [4.69, 9.17) is 0 Å². The summed E-state index contributed by atoms with van der Waals surface area (Å²) in [5.74, 6) is -0.525. The average molecular weight is 398 g/mol. The highest BCUT2D eigenvalue weighted by Gasteiger charge is 2.35. The molecule has 1 saturated heterocycles. The van der Waals surface area contributed by atoms with Crippen LogP contribution in [0.5, 0.6) is 0 Å². The standard InChI is InChI=1S/C19H22N6O4/c1-9-5-13(15-16(20-9)24(3)19(29)21-17(15)27)18(28)25-7-11(14(26)8-25)6-12-4-10(2)22-23-12/h4-5,11,14,26H,6-8H2,1-3H3,(H,22,23)(H,21,27,29)/t11-,14-/m1/s1. The molecule has 0 radical (unpaired) electrons. The zero-order valence-corrected chi connectivity index (χ0v) is 16.4. The van der Waals surface area contributed by atoms with Gasteiger partial charge in [0.1, 0.15) is 5.65 Å². The number of carbonyl (C=O) groups is 1. The summed E-state index contributed by atoms with van der Waals surface area (Å²) in [7, 11) is 1.49. The second kappa shape index (κ2) is 6.96. The Balaban J connectivity index is 1.68. The molecule has 2 atom stereocenters. The van der Waals surface area contributed by atoms with E-state index in [1.165, 1.54) is 16.5 Å². The summed E-state index contributed by atoms with van der Waals surface area (Å²) >= 11 is 0. The fourth-order valence-corrected chi connectivity index (χ4v) is 3.87. The lowest BCUT2D eigenvalue weighted by molar-refractivity contribution is 0.0766. The fourth-order valence-electron chi connectivity index (χ4n) is 3.87. The van der Waals surface area contributed by atoms with Crippen molar-refractivity contribution in [2.45, 2.75) is 26.4 Å². The Kier molecular flexibility index (Phi) is 4.58. The number of hydrogen-bond donors (Lipinski definition) is 3. The average Bonchev–Trinajstić information content (AvgIpc) is 3.24. The SMILES string of the molecule is Cc1cc(C(=O)N2C[C@@H](Cc3cc(C)[nH]n3)[C@H](O)C2)c2c(=O)[nH]c(=O)n(C)c2n1. The number of aryl methyl sites for hydroxylation is 3. The van der Waals surface area contributed by atoms with Crippen LogP contribution in [0.25, 0.3) is 11.0 Å². The van der Waals surface area contributed by atoms with Gasteiger partial charge in [0.25, 0.3) is 11.5 Å². The number of aromatic nitrogens is 5. The highest BCUT2D eigenvalue weighted by Crippen LogP contribution is 2.24. The molecule has 0 aromatic carbocycles. The lowest BCUT2D eigenvalue weighted by atomic mass is 10.00. The highest BCUT2D eigenvalue weighted by atomic mass is 16.3. The van der Waals surface area contributed by atoms with E-state index in [0.717, 1.165) is 11.4 Å². The maximum Gasteiger partial charge on any atom is 0.329 e. The van der Waals surface area contributed by atoms with Gasteiger partial charge >= 0.3 is 5.69 Å². The highest BCUT2D eigenvalue weighted by molar-refractivity contribution is 6.05. The van der Waals surface area contributed by atoms with Gasteiger partial charge in [-0.2, -0.15) is 5.10 Å². The maximum atomic E-state index is 13.2. The van der Waals surface area contributed by atoms with Gasteiger partial charge in [0.05, 0.1) is 22.7 Å². The Morgan fingerprint density at radius 1 is 1.28 bits per heavy atom. The topological polar surface area (TPSA) is 137 Å². The minimum Gasteiger partial charge on any atom is -0.391 e. The normalized spacial score (nSPS) is 19.2. The van der Waals surface area contributed by atoms with Gasteiger partial charge in [-0.1, -0.05) is 0 Å². The van der Waals surface area contributed by atoms with Crippen molar-refractivity contribution in [3.05, 3.63) is 55.6 Å². The van der Waals surface area contributed by atoms with Gasteiger partial charge in [-0.05, 0) is 32.4 Å². The molecule has 0 saturated carbocycles. The van der Waals surface area contributed by atoms with E-state index < -0.39 is 17.4 Å². The van der Waals surface area contributed by atoms with Crippen LogP contribution in [0.15, 0.2) is 21.7 Å². The number of nitrogens with zero attached hydrogens (tertiary/aromatic N) is 4. The van der Waals surface area contributed by atoms with Gasteiger partial charge in [-0.3, -0.25) is 24.2 Å². The number of β-amino-alcohol motifs (C(OH)–C–C–N with tert-alkyl or cyclic N) is 1. The van der Waals surface area contributed by atoms with Gasteiger partial charge < -0.3 is 10.0 Å². The molecule has 0 aliphatic carbocycles. The number of hydrogen-bond acceptors (Lipinski definition) is 6. The maximum absolute atomic E-state index is 13.2. The monoisotopic (exact) mass is 398 g/mol. The molecule has 1 aliphatic rings. The first-order chi connectivity index (χ1) is 13.7. The molecule has 10 heteroatoms. The third-order valence-electron chi connectivity index (χ3n) is 5.35. The van der Waals surface area contributed by atoms with Crippen molar-refractivity contribution in [2.24, 2.45) is 13.0 Å². The summed E-state index contributed by atoms with van der Waals surface area (Å²) in [4.78, 5) is 45.6. The molecule has 152 valence electrons. The molecule has 4 heterocycles. The van der Waals surface area contributed by atoms with Crippen molar-refractivity contribution in [3.8, 4) is 0 Å². The number of amides is 1. The number of rotatable bonds is 3. The first kappa shape index (κ1) is 19.1. The van der Waals surface area contributed by atoms with Crippen molar-refractivity contribution < 1.29 is 9.90 Å². The Morgan fingerprint density at radius 2 is 2.03 bits per heavy atom. The van der Waals surface area contributed by atoms with E-state index >= 15 is 0 Å². The lowest BCUT2D eigenvalue weighted by Gasteiger charge is -2.17. The largest absolute Gasteiger partial charge is 0.391 e. The summed E-state index contributed by atoms with van der Waals surface area (Å²) in [6.45, 7) is 4.11. The third-order valence-corrected chi connectivity index (χ3v) is 5.35. The molecule has 1 amide bonds. The number of fused-ring (bicyclic) bond motifs is 1. The summed E-state index contributed by atoms with van der Waals surface area (Å²) in [5.41, 5.74) is 1.37. The van der Waals surface area contributed by atoms with Gasteiger partial charge in [-0.15, -0.1) is 0 Å². The van der Waals surface area contributed by atoms with E-state index in [0.29, 0.717) is 18.7 Å². The van der Waals surface area contributed by atoms with Crippen molar-refractivity contribution in [2.75, 3.05) is 13.1 Å². The first-order valence-electron chi connectivity index (χ1n) is 9.33. The second-order valence-corrected chi connectivity index (χ2v) is 7.61. The number of aliphatic hydroxyl groups excluding tert-OH is 1. The molecule has 3 aromatic rings. The number of carbonyl (C=O) groups excluding carboxylic acids is 1. The third kappa shape index (κ3) is 3.35. The number of aliphatic hydroxyl groups is 1. The van der Waals surface area contributed by atoms with Crippen LogP contribution in [0.3, 0.4) is 0 Å². The number of pyridine rings is 1. The Morgan fingerprint density at radius 3 is 2.72 bits per heavy atom. The van der Waals surface area contributed by atoms with Crippen molar-refractivity contribution in [1.82, 2.24) is 29.6 Å². The zero-order chi connectivity index (χ0) is 20.9. The molecule has 0 unspecified atom stereocenters. The van der Waals surface area contributed by atoms with Crippen LogP contribution in [-0.4, -0.2) is 59.8 Å². The molecule has 3 N–H and O–H groups in total. The van der Waals surface area contributed by atoms with E-state index in [2.05, 4.69) is 20.2 Å². The lowest BCUT2D eigenvalue weighted by Crippen LogP contribution is -2.34. The summed E-state index contributed by atoms with van der Waals surface area (Å²) in [6.07, 6.45) is -0.145. The molecule has 1 fully saturated rings. The number of likely N-dealkylation sites (tertiary alicyclic amines) is 1. The Bertz CT molecular complexity index is 1220. The van der Waals surface area contributed by atoms with Crippen LogP contribution >= 0.6 is 0 Å². The molecule has 29 heavy (non-hydrogen) atoms. The van der Waals surface area contributed by atoms with E-state index in [1.54, 1.807) is 13.0 Å². The summed E-state index contributed by atoms with van der Waals surface area (Å²) in [5, 5.41) is 17.6. The van der Waals surface area contributed by atoms with Crippen LogP contribution in [0.1, 0.15) is 27.4 Å². The predicted molar refractivity (Wildman–Crippen MR) is 105 cm³/mol. The zero-order valence-electron chi connectivity index (χ0n) is 16.4. The Labute approximate surface area is 165 Å². The molecule has 3 aromatic heterocycles. The molecule has 0 spiro atoms. The van der Waals surface area contributed by atoms with Gasteiger partial charge in [0, 0.05) is 37.4 Å². The minimum absolute atomic E-state index is 0.0727. The second-order valence-electron chi connectivity index (χ2n) is 7.61. The molecular formula is C19H22N6O4. The van der Waals surface area contributed by atoms with Crippen LogP contribution in [0.2, 0.25) is 0 Å². The predicted octanol–water partition coefficient (Wildman–Crippen LogP) is -0.363. The van der Waals surface area contributed by atoms with Crippen molar-refractivity contribution in [3.63, 3.8) is 0 Å². The van der Waals surface area contributed by atoms with Crippen LogP contribution in [0.4, 0.5) is 0 Å².